The SMILES string of the molecule is CNCc1ccc(-c2cc(-c3cc(-c4ccc(S(O)(O)C(C)C)cn4)cnc3C)on2)cc1.CNCc1ccc(-c2nnc(-c3cc(-c4ccc(S(O)(O)C(C)C)cc4)cnc3C)o2)cc1.CNCc1ccc(-c2nnc(-c3cc(-c4ccc(S(O)(O)C(C)C)cn4)cnc3C)o2)cc1.[HH].[HH].[HH]. The second-order valence-corrected chi connectivity index (χ2v) is 32.2. The number of nitrogens with zero attached hydrogens (tertiary/aromatic N) is 10. The normalized spacial score (nSPS) is 12.3. The first-order valence-electron chi connectivity index (χ1n) is 32.0. The summed E-state index contributed by atoms with van der Waals surface area (Å²) < 4.78 is 79.8. The Morgan fingerprint density at radius 2 is 0.697 bits per heavy atom. The summed E-state index contributed by atoms with van der Waals surface area (Å²) in [6.45, 7) is 18.8. The van der Waals surface area contributed by atoms with E-state index in [1.165, 1.54) is 29.1 Å². The van der Waals surface area contributed by atoms with Gasteiger partial charge in [-0.2, -0.15) is 31.8 Å². The van der Waals surface area contributed by atoms with Gasteiger partial charge in [0, 0.05) is 120 Å². The number of hydrogen-bond acceptors (Lipinski definition) is 22. The van der Waals surface area contributed by atoms with Crippen molar-refractivity contribution in [3.8, 4) is 102 Å². The van der Waals surface area contributed by atoms with Gasteiger partial charge >= 0.3 is 0 Å². The van der Waals surface area contributed by atoms with E-state index < -0.39 is 31.8 Å². The van der Waals surface area contributed by atoms with Crippen LogP contribution in [0.25, 0.3) is 102 Å². The Morgan fingerprint density at radius 3 is 1.09 bits per heavy atom. The number of hydrogen-bond donors (Lipinski definition) is 9. The van der Waals surface area contributed by atoms with Gasteiger partial charge in [-0.25, -0.2) is 0 Å². The fourth-order valence-corrected chi connectivity index (χ4v) is 13.3. The maximum absolute atomic E-state index is 10.4. The number of aryl methyl sites for hydroxylation is 3. The van der Waals surface area contributed by atoms with Crippen molar-refractivity contribution in [2.45, 2.75) is 112 Å². The summed E-state index contributed by atoms with van der Waals surface area (Å²) in [5, 5.41) is 29.7. The monoisotopic (exact) mass is 1400 g/mol. The van der Waals surface area contributed by atoms with E-state index in [-0.39, 0.29) is 20.0 Å². The highest BCUT2D eigenvalue weighted by Crippen LogP contribution is 2.54. The number of pyridine rings is 5. The van der Waals surface area contributed by atoms with Crippen molar-refractivity contribution < 1.29 is 45.0 Å². The molecule has 0 aliphatic carbocycles. The number of nitrogens with one attached hydrogen (secondary N) is 3. The van der Waals surface area contributed by atoms with Crippen LogP contribution in [0, 0.1) is 20.8 Å². The predicted molar refractivity (Wildman–Crippen MR) is 401 cm³/mol. The molecule has 8 aromatic heterocycles. The van der Waals surface area contributed by atoms with Crippen LogP contribution in [-0.2, 0) is 19.6 Å². The first kappa shape index (κ1) is 72.6. The van der Waals surface area contributed by atoms with E-state index in [2.05, 4.69) is 78.6 Å². The summed E-state index contributed by atoms with van der Waals surface area (Å²) in [5.41, 5.74) is 16.3. The Morgan fingerprint density at radius 1 is 0.354 bits per heavy atom. The molecule has 0 saturated carbocycles. The van der Waals surface area contributed by atoms with Crippen LogP contribution in [0.1, 0.15) is 79.6 Å². The molecule has 0 radical (unpaired) electrons. The van der Waals surface area contributed by atoms with Gasteiger partial charge in [0.1, 0.15) is 5.69 Å². The molecule has 99 heavy (non-hydrogen) atoms. The van der Waals surface area contributed by atoms with Crippen LogP contribution in [0.15, 0.2) is 205 Å². The minimum Gasteiger partial charge on any atom is -0.416 e. The lowest BCUT2D eigenvalue weighted by atomic mass is 10.0. The summed E-state index contributed by atoms with van der Waals surface area (Å²) >= 11 is 0. The maximum Gasteiger partial charge on any atom is 0.250 e. The minimum atomic E-state index is -2.88. The summed E-state index contributed by atoms with van der Waals surface area (Å²) in [4.78, 5) is 23.8. The highest BCUT2D eigenvalue weighted by Gasteiger charge is 2.25. The lowest BCUT2D eigenvalue weighted by Crippen LogP contribution is -2.10. The molecule has 12 aromatic rings. The molecule has 9 N–H and O–H groups in total. The smallest absolute Gasteiger partial charge is 0.250 e. The Bertz CT molecular complexity index is 4200. The largest absolute Gasteiger partial charge is 0.416 e. The molecule has 522 valence electrons. The van der Waals surface area contributed by atoms with Crippen molar-refractivity contribution in [1.29, 1.82) is 0 Å². The van der Waals surface area contributed by atoms with E-state index >= 15 is 0 Å². The van der Waals surface area contributed by atoms with Gasteiger partial charge < -0.3 is 29.3 Å². The summed E-state index contributed by atoms with van der Waals surface area (Å²) in [5.74, 6) is 2.30. The van der Waals surface area contributed by atoms with Crippen LogP contribution in [0.4, 0.5) is 0 Å². The van der Waals surface area contributed by atoms with Gasteiger partial charge in [0.15, 0.2) is 5.76 Å². The molecule has 4 aromatic carbocycles. The summed E-state index contributed by atoms with van der Waals surface area (Å²) in [7, 11) is -2.82. The van der Waals surface area contributed by atoms with E-state index in [0.29, 0.717) is 55.4 Å². The number of benzene rings is 4. The third-order valence-corrected chi connectivity index (χ3v) is 23.2. The van der Waals surface area contributed by atoms with Gasteiger partial charge in [-0.15, -0.1) is 20.4 Å². The third kappa shape index (κ3) is 17.1. The zero-order chi connectivity index (χ0) is 70.8. The third-order valence-electron chi connectivity index (χ3n) is 16.4. The predicted octanol–water partition coefficient (Wildman–Crippen LogP) is 18.2. The molecule has 0 saturated heterocycles. The zero-order valence-corrected chi connectivity index (χ0v) is 59.7. The van der Waals surface area contributed by atoms with Gasteiger partial charge in [-0.05, 0) is 185 Å². The molecule has 22 nitrogen and oxygen atoms in total. The average molecular weight is 1400 g/mol. The molecule has 8 heterocycles. The van der Waals surface area contributed by atoms with Gasteiger partial charge in [-0.1, -0.05) is 65.8 Å². The van der Waals surface area contributed by atoms with Crippen LogP contribution in [0.5, 0.6) is 0 Å². The molecule has 0 atom stereocenters. The highest BCUT2D eigenvalue weighted by molar-refractivity contribution is 8.25. The van der Waals surface area contributed by atoms with E-state index in [4.69, 9.17) is 13.4 Å². The summed E-state index contributed by atoms with van der Waals surface area (Å²) in [6.07, 6.45) is 8.28. The van der Waals surface area contributed by atoms with Crippen molar-refractivity contribution in [3.05, 3.63) is 210 Å². The van der Waals surface area contributed by atoms with Gasteiger partial charge in [-0.3, -0.25) is 52.2 Å². The van der Waals surface area contributed by atoms with Crippen molar-refractivity contribution in [2.24, 2.45) is 0 Å². The van der Waals surface area contributed by atoms with Crippen molar-refractivity contribution >= 4 is 31.8 Å². The minimum absolute atomic E-state index is 0. The Labute approximate surface area is 585 Å². The van der Waals surface area contributed by atoms with Crippen molar-refractivity contribution in [3.63, 3.8) is 0 Å². The van der Waals surface area contributed by atoms with Crippen molar-refractivity contribution in [2.75, 3.05) is 21.1 Å². The van der Waals surface area contributed by atoms with Gasteiger partial charge in [0.25, 0.3) is 0 Å². The topological polar surface area (TPSA) is 326 Å². The quantitative estimate of drug-likeness (QED) is 0.0323. The van der Waals surface area contributed by atoms with Crippen LogP contribution < -0.4 is 16.0 Å². The molecule has 0 aliphatic heterocycles. The molecule has 0 bridgehead atoms. The van der Waals surface area contributed by atoms with Crippen LogP contribution in [0.3, 0.4) is 0 Å². The van der Waals surface area contributed by atoms with Gasteiger partial charge in [0.05, 0.1) is 49.6 Å². The summed E-state index contributed by atoms with van der Waals surface area (Å²) in [6, 6.07) is 46.1. The maximum atomic E-state index is 10.4. The number of rotatable bonds is 21. The fourth-order valence-electron chi connectivity index (χ4n) is 10.2. The molecular weight excluding hydrogens is 1310 g/mol. The Hall–Kier alpha value is -9.19. The van der Waals surface area contributed by atoms with Crippen LogP contribution >= 0.6 is 31.8 Å². The zero-order valence-electron chi connectivity index (χ0n) is 57.2. The van der Waals surface area contributed by atoms with Crippen molar-refractivity contribution in [1.82, 2.24) is 66.4 Å². The molecule has 0 spiro atoms. The molecule has 12 rings (SSSR count). The van der Waals surface area contributed by atoms with E-state index in [9.17, 15) is 27.3 Å². The Kier molecular flexibility index (Phi) is 23.3. The lowest BCUT2D eigenvalue weighted by Gasteiger charge is -2.36. The molecule has 0 aliphatic rings. The van der Waals surface area contributed by atoms with Crippen LogP contribution in [-0.4, -0.2) is 115 Å². The molecular formula is C74H89N13O9S3. The highest BCUT2D eigenvalue weighted by atomic mass is 32.3. The second-order valence-electron chi connectivity index (χ2n) is 24.4. The Balaban J connectivity index is 0.000000211. The first-order valence-corrected chi connectivity index (χ1v) is 36.8. The average Bonchev–Trinajstić information content (AvgIpc) is 1.44. The van der Waals surface area contributed by atoms with Crippen LogP contribution in [0.2, 0.25) is 0 Å². The standard InChI is InChI=1S/2C25H28N4O3S.C24H27N5O3S.3H2/c1-16(2)33(30,31)22-11-9-19(10-12-22)21-13-23(17(3)27-15-21)25-29-28-24(32-25)20-7-5-18(6-8-20)14-26-4;1-16(2)33(30,31)21-9-10-23(28-15-21)20-11-22(17(3)27-14-20)25-12-24(29-32-25)19-7-5-18(6-8-19)13-26-4;1-15(2)33(30,31)20-9-10-22(27-14-20)19-11-21(16(3)26-13-19)24-29-28-23(32-24)18-7-5-17(6-8-18)12-25-4;;;/h5-13,15-16,26,30-31H,14H2,1-4H3;5-12,14-16,26,30-31H,13H2,1-4H3;5-11,13-15,25,30-31H,12H2,1-4H3;3*1H. The van der Waals surface area contributed by atoms with Gasteiger partial charge in [0.2, 0.25) is 23.6 Å². The molecule has 0 fully saturated rings. The van der Waals surface area contributed by atoms with E-state index in [0.717, 1.165) is 98.0 Å². The number of aromatic nitrogens is 10. The molecule has 0 unspecified atom stereocenters. The van der Waals surface area contributed by atoms with E-state index in [1.807, 2.05) is 139 Å². The second kappa shape index (κ2) is 31.8. The molecule has 25 heteroatoms. The lowest BCUT2D eigenvalue weighted by molar-refractivity contribution is 0.434. The van der Waals surface area contributed by atoms with E-state index in [1.54, 1.807) is 96.5 Å². The first-order chi connectivity index (χ1) is 47.4. The fraction of sp³-hybridized carbons (Fsp3) is 0.243. The molecule has 0 amide bonds.